The van der Waals surface area contributed by atoms with E-state index >= 15 is 0 Å². The summed E-state index contributed by atoms with van der Waals surface area (Å²) in [6.45, 7) is 6.90. The maximum Gasteiger partial charge on any atom is 0.330 e. The average molecular weight is 215 g/mol. The van der Waals surface area contributed by atoms with Crippen molar-refractivity contribution < 1.29 is 14.6 Å². The molecule has 0 spiro atoms. The molecule has 15 heavy (non-hydrogen) atoms. The first-order valence-electron chi connectivity index (χ1n) is 5.29. The van der Waals surface area contributed by atoms with E-state index < -0.39 is 0 Å². The molecule has 0 aliphatic heterocycles. The topological polar surface area (TPSA) is 58.6 Å². The summed E-state index contributed by atoms with van der Waals surface area (Å²) in [5.41, 5.74) is 0. The number of hydrogen-bond donors (Lipinski definition) is 2. The van der Waals surface area contributed by atoms with E-state index in [0.29, 0.717) is 13.2 Å². The van der Waals surface area contributed by atoms with Gasteiger partial charge in [-0.1, -0.05) is 13.0 Å². The fourth-order valence-corrected chi connectivity index (χ4v) is 0.959. The molecule has 0 saturated heterocycles. The third kappa shape index (κ3) is 7.11. The van der Waals surface area contributed by atoms with Crippen molar-refractivity contribution in [3.05, 3.63) is 12.2 Å². The Labute approximate surface area is 91.3 Å². The average Bonchev–Trinajstić information content (AvgIpc) is 2.23. The molecule has 0 radical (unpaired) electrons. The fraction of sp³-hybridized carbons (Fsp3) is 0.727. The number of aliphatic hydroxyl groups is 1. The van der Waals surface area contributed by atoms with Crippen LogP contribution in [0, 0.1) is 5.92 Å². The number of aliphatic hydroxyl groups excluding tert-OH is 1. The van der Waals surface area contributed by atoms with Crippen LogP contribution in [0.3, 0.4) is 0 Å². The third-order valence-corrected chi connectivity index (χ3v) is 2.24. The normalized spacial score (nSPS) is 15.2. The Morgan fingerprint density at radius 2 is 2.20 bits per heavy atom. The van der Waals surface area contributed by atoms with Gasteiger partial charge < -0.3 is 15.2 Å². The Bertz CT molecular complexity index is 204. The van der Waals surface area contributed by atoms with Crippen LogP contribution in [0.1, 0.15) is 20.8 Å². The number of nitrogens with one attached hydrogen (secondary N) is 1. The molecular weight excluding hydrogens is 194 g/mol. The third-order valence-electron chi connectivity index (χ3n) is 2.24. The molecule has 0 heterocycles. The Morgan fingerprint density at radius 3 is 2.73 bits per heavy atom. The van der Waals surface area contributed by atoms with Gasteiger partial charge in [0.2, 0.25) is 0 Å². The zero-order valence-corrected chi connectivity index (χ0v) is 9.69. The monoisotopic (exact) mass is 215 g/mol. The van der Waals surface area contributed by atoms with Crippen molar-refractivity contribution >= 4 is 5.97 Å². The van der Waals surface area contributed by atoms with Crippen LogP contribution in [0.15, 0.2) is 12.2 Å². The molecule has 0 aliphatic rings. The Balaban J connectivity index is 3.64. The highest BCUT2D eigenvalue weighted by Crippen LogP contribution is 1.99. The van der Waals surface area contributed by atoms with Crippen LogP contribution < -0.4 is 5.32 Å². The molecule has 88 valence electrons. The van der Waals surface area contributed by atoms with Gasteiger partial charge in [0.25, 0.3) is 0 Å². The van der Waals surface area contributed by atoms with Crippen molar-refractivity contribution in [2.75, 3.05) is 19.8 Å². The van der Waals surface area contributed by atoms with Crippen LogP contribution in [-0.4, -0.2) is 36.9 Å². The number of rotatable bonds is 7. The van der Waals surface area contributed by atoms with Gasteiger partial charge in [0.05, 0.1) is 6.61 Å². The lowest BCUT2D eigenvalue weighted by Gasteiger charge is -2.17. The van der Waals surface area contributed by atoms with Crippen molar-refractivity contribution in [1.29, 1.82) is 0 Å². The standard InChI is InChI=1S/C11H21NO3/c1-4-15-11(14)6-5-7-12-10(3)9(2)8-13/h5-6,9-10,12-13H,4,7-8H2,1-3H3/b6-5+. The first-order chi connectivity index (χ1) is 7.11. The van der Waals surface area contributed by atoms with Crippen molar-refractivity contribution in [2.45, 2.75) is 26.8 Å². The predicted molar refractivity (Wildman–Crippen MR) is 59.5 cm³/mol. The largest absolute Gasteiger partial charge is 0.463 e. The summed E-state index contributed by atoms with van der Waals surface area (Å²) < 4.78 is 4.72. The predicted octanol–water partition coefficient (Wildman–Crippen LogP) is 0.712. The molecule has 0 aliphatic carbocycles. The minimum Gasteiger partial charge on any atom is -0.463 e. The maximum atomic E-state index is 10.9. The van der Waals surface area contributed by atoms with Crippen LogP contribution >= 0.6 is 0 Å². The first kappa shape index (κ1) is 14.1. The number of ether oxygens (including phenoxy) is 1. The summed E-state index contributed by atoms with van der Waals surface area (Å²) in [5.74, 6) is -0.108. The molecule has 0 saturated carbocycles. The van der Waals surface area contributed by atoms with Gasteiger partial charge in [0.15, 0.2) is 0 Å². The second kappa shape index (κ2) is 8.44. The number of esters is 1. The minimum atomic E-state index is -0.317. The van der Waals surface area contributed by atoms with E-state index in [1.807, 2.05) is 13.8 Å². The highest BCUT2D eigenvalue weighted by Gasteiger charge is 2.08. The van der Waals surface area contributed by atoms with E-state index in [9.17, 15) is 4.79 Å². The minimum absolute atomic E-state index is 0.162. The molecule has 0 rings (SSSR count). The van der Waals surface area contributed by atoms with Crippen LogP contribution in [0.4, 0.5) is 0 Å². The van der Waals surface area contributed by atoms with Gasteiger partial charge in [0, 0.05) is 25.3 Å². The summed E-state index contributed by atoms with van der Waals surface area (Å²) >= 11 is 0. The van der Waals surface area contributed by atoms with E-state index in [1.165, 1.54) is 6.08 Å². The number of hydrogen-bond acceptors (Lipinski definition) is 4. The van der Waals surface area contributed by atoms with Crippen molar-refractivity contribution in [3.63, 3.8) is 0 Å². The quantitative estimate of drug-likeness (QED) is 0.485. The molecule has 0 amide bonds. The van der Waals surface area contributed by atoms with Gasteiger partial charge in [-0.3, -0.25) is 0 Å². The van der Waals surface area contributed by atoms with Crippen molar-refractivity contribution in [2.24, 2.45) is 5.92 Å². The van der Waals surface area contributed by atoms with E-state index in [-0.39, 0.29) is 24.5 Å². The van der Waals surface area contributed by atoms with Gasteiger partial charge in [-0.05, 0) is 19.8 Å². The molecule has 4 nitrogen and oxygen atoms in total. The molecule has 2 unspecified atom stereocenters. The van der Waals surface area contributed by atoms with E-state index in [0.717, 1.165) is 0 Å². The summed E-state index contributed by atoms with van der Waals surface area (Å²) in [6, 6.07) is 0.224. The maximum absolute atomic E-state index is 10.9. The Hall–Kier alpha value is -0.870. The highest BCUT2D eigenvalue weighted by molar-refractivity contribution is 5.81. The van der Waals surface area contributed by atoms with Gasteiger partial charge in [-0.2, -0.15) is 0 Å². The first-order valence-corrected chi connectivity index (χ1v) is 5.29. The van der Waals surface area contributed by atoms with Crippen molar-refractivity contribution in [1.82, 2.24) is 5.32 Å². The lowest BCUT2D eigenvalue weighted by Crippen LogP contribution is -2.33. The van der Waals surface area contributed by atoms with Crippen LogP contribution in [0.2, 0.25) is 0 Å². The zero-order chi connectivity index (χ0) is 11.7. The van der Waals surface area contributed by atoms with E-state index in [2.05, 4.69) is 5.32 Å². The second-order valence-corrected chi connectivity index (χ2v) is 3.51. The zero-order valence-electron chi connectivity index (χ0n) is 9.69. The van der Waals surface area contributed by atoms with Gasteiger partial charge >= 0.3 is 5.97 Å². The van der Waals surface area contributed by atoms with Crippen LogP contribution in [-0.2, 0) is 9.53 Å². The molecule has 0 aromatic rings. The van der Waals surface area contributed by atoms with Crippen molar-refractivity contribution in [3.8, 4) is 0 Å². The molecule has 0 aromatic heterocycles. The van der Waals surface area contributed by atoms with Gasteiger partial charge in [-0.25, -0.2) is 4.79 Å². The summed E-state index contributed by atoms with van der Waals surface area (Å²) in [5, 5.41) is 12.1. The fourth-order valence-electron chi connectivity index (χ4n) is 0.959. The summed E-state index contributed by atoms with van der Waals surface area (Å²) in [7, 11) is 0. The Kier molecular flexibility index (Phi) is 7.95. The van der Waals surface area contributed by atoms with Gasteiger partial charge in [0.1, 0.15) is 0 Å². The summed E-state index contributed by atoms with van der Waals surface area (Å²) in [6.07, 6.45) is 3.13. The van der Waals surface area contributed by atoms with Gasteiger partial charge in [-0.15, -0.1) is 0 Å². The summed E-state index contributed by atoms with van der Waals surface area (Å²) in [4.78, 5) is 10.9. The number of carbonyl (C=O) groups excluding carboxylic acids is 1. The molecule has 0 bridgehead atoms. The molecule has 4 heteroatoms. The van der Waals surface area contributed by atoms with Crippen LogP contribution in [0.25, 0.3) is 0 Å². The molecular formula is C11H21NO3. The lowest BCUT2D eigenvalue weighted by molar-refractivity contribution is -0.137. The smallest absolute Gasteiger partial charge is 0.330 e. The number of carbonyl (C=O) groups is 1. The molecule has 0 aromatic carbocycles. The van der Waals surface area contributed by atoms with E-state index in [1.54, 1.807) is 13.0 Å². The highest BCUT2D eigenvalue weighted by atomic mass is 16.5. The SMILES string of the molecule is CCOC(=O)/C=C/CNC(C)C(C)CO. The lowest BCUT2D eigenvalue weighted by atomic mass is 10.1. The second-order valence-electron chi connectivity index (χ2n) is 3.51. The van der Waals surface area contributed by atoms with E-state index in [4.69, 9.17) is 9.84 Å². The molecule has 2 N–H and O–H groups in total. The van der Waals surface area contributed by atoms with Crippen LogP contribution in [0.5, 0.6) is 0 Å². The Morgan fingerprint density at radius 1 is 1.53 bits per heavy atom. The molecule has 2 atom stereocenters. The molecule has 0 fully saturated rings.